The maximum absolute atomic E-state index is 12.9. The third-order valence-electron chi connectivity index (χ3n) is 4.33. The van der Waals surface area contributed by atoms with Gasteiger partial charge in [-0.15, -0.1) is 0 Å². The summed E-state index contributed by atoms with van der Waals surface area (Å²) >= 11 is 4.89. The Bertz CT molecular complexity index is 1240. The van der Waals surface area contributed by atoms with E-state index in [-0.39, 0.29) is 5.56 Å². The van der Waals surface area contributed by atoms with Crippen molar-refractivity contribution in [2.24, 2.45) is 0 Å². The molecule has 0 saturated heterocycles. The molecule has 2 aromatic heterocycles. The molecule has 0 unspecified atom stereocenters. The molecule has 2 heterocycles. The Hall–Kier alpha value is -2.18. The number of nitrogens with zero attached hydrogens (tertiary/aromatic N) is 2. The fourth-order valence-electron chi connectivity index (χ4n) is 2.84. The van der Waals surface area contributed by atoms with Gasteiger partial charge in [-0.1, -0.05) is 17.4 Å². The average Bonchev–Trinajstić information content (AvgIpc) is 3.05. The van der Waals surface area contributed by atoms with Crippen molar-refractivity contribution in [3.05, 3.63) is 66.4 Å². The maximum atomic E-state index is 12.9. The third kappa shape index (κ3) is 2.65. The summed E-state index contributed by atoms with van der Waals surface area (Å²) in [5.74, 6) is 0.761. The summed E-state index contributed by atoms with van der Waals surface area (Å²) in [7, 11) is 1.63. The second-order valence-electron chi connectivity index (χ2n) is 5.96. The van der Waals surface area contributed by atoms with Gasteiger partial charge < -0.3 is 4.74 Å². The Morgan fingerprint density at radius 3 is 2.68 bits per heavy atom. The molecule has 2 aromatic carbocycles. The highest BCUT2D eigenvalue weighted by atomic mass is 79.9. The number of methoxy groups -OCH3 is 1. The van der Waals surface area contributed by atoms with Crippen molar-refractivity contribution in [3.8, 4) is 5.75 Å². The van der Waals surface area contributed by atoms with Crippen molar-refractivity contribution in [2.75, 3.05) is 7.11 Å². The van der Waals surface area contributed by atoms with Crippen LogP contribution in [-0.4, -0.2) is 16.5 Å². The van der Waals surface area contributed by atoms with E-state index in [1.807, 2.05) is 43.3 Å². The van der Waals surface area contributed by atoms with Gasteiger partial charge in [0.2, 0.25) is 0 Å². The largest absolute Gasteiger partial charge is 0.496 e. The molecular weight excluding hydrogens is 400 g/mol. The van der Waals surface area contributed by atoms with Crippen LogP contribution in [0.3, 0.4) is 0 Å². The number of hydrogen-bond acceptors (Lipinski definition) is 4. The molecule has 0 spiro atoms. The SMILES string of the molecule is COc1ccc(C=c2sc3nc4cc(C)c(C)cc4n3c2=O)cc1Br. The maximum Gasteiger partial charge on any atom is 0.274 e. The summed E-state index contributed by atoms with van der Waals surface area (Å²) < 4.78 is 8.47. The zero-order chi connectivity index (χ0) is 17.7. The molecule has 0 bridgehead atoms. The van der Waals surface area contributed by atoms with E-state index in [1.54, 1.807) is 11.5 Å². The highest BCUT2D eigenvalue weighted by Crippen LogP contribution is 2.26. The first-order valence-electron chi connectivity index (χ1n) is 7.75. The molecular formula is C19H15BrN2O2S. The van der Waals surface area contributed by atoms with Crippen molar-refractivity contribution in [1.29, 1.82) is 0 Å². The summed E-state index contributed by atoms with van der Waals surface area (Å²) in [4.78, 5) is 18.2. The zero-order valence-electron chi connectivity index (χ0n) is 14.0. The molecule has 25 heavy (non-hydrogen) atoms. The third-order valence-corrected chi connectivity index (χ3v) is 5.92. The smallest absolute Gasteiger partial charge is 0.274 e. The van der Waals surface area contributed by atoms with Gasteiger partial charge in [-0.3, -0.25) is 4.79 Å². The number of hydrogen-bond donors (Lipinski definition) is 0. The lowest BCUT2D eigenvalue weighted by Gasteiger charge is -2.02. The predicted octanol–water partition coefficient (Wildman–Crippen LogP) is 3.84. The van der Waals surface area contributed by atoms with Crippen molar-refractivity contribution in [2.45, 2.75) is 13.8 Å². The van der Waals surface area contributed by atoms with Crippen LogP contribution in [0.15, 0.2) is 39.6 Å². The summed E-state index contributed by atoms with van der Waals surface area (Å²) in [5, 5.41) is 0. The Balaban J connectivity index is 1.94. The van der Waals surface area contributed by atoms with E-state index in [9.17, 15) is 4.79 Å². The van der Waals surface area contributed by atoms with Gasteiger partial charge in [0.15, 0.2) is 4.96 Å². The van der Waals surface area contributed by atoms with E-state index in [4.69, 9.17) is 4.74 Å². The second kappa shape index (κ2) is 5.97. The van der Waals surface area contributed by atoms with Crippen LogP contribution in [0.1, 0.15) is 16.7 Å². The molecule has 4 aromatic rings. The number of aromatic nitrogens is 2. The minimum absolute atomic E-state index is 0.0299. The van der Waals surface area contributed by atoms with E-state index in [2.05, 4.69) is 27.8 Å². The van der Waals surface area contributed by atoms with E-state index in [1.165, 1.54) is 16.9 Å². The fourth-order valence-corrected chi connectivity index (χ4v) is 4.39. The Labute approximate surface area is 156 Å². The number of imidazole rings is 1. The first kappa shape index (κ1) is 16.3. The minimum atomic E-state index is -0.0299. The lowest BCUT2D eigenvalue weighted by Crippen LogP contribution is -2.22. The van der Waals surface area contributed by atoms with Crippen LogP contribution in [0.4, 0.5) is 0 Å². The van der Waals surface area contributed by atoms with Gasteiger partial charge >= 0.3 is 0 Å². The van der Waals surface area contributed by atoms with Gasteiger partial charge in [-0.25, -0.2) is 9.38 Å². The van der Waals surface area contributed by atoms with Gasteiger partial charge in [-0.2, -0.15) is 0 Å². The number of benzene rings is 2. The highest BCUT2D eigenvalue weighted by Gasteiger charge is 2.12. The summed E-state index contributed by atoms with van der Waals surface area (Å²) in [5.41, 5.74) is 4.98. The van der Waals surface area contributed by atoms with Gasteiger partial charge in [-0.05, 0) is 76.8 Å². The molecule has 126 valence electrons. The molecule has 0 atom stereocenters. The molecule has 0 aliphatic carbocycles. The molecule has 0 amide bonds. The monoisotopic (exact) mass is 414 g/mol. The summed E-state index contributed by atoms with van der Waals surface area (Å²) in [6, 6.07) is 9.81. The molecule has 0 fully saturated rings. The molecule has 4 rings (SSSR count). The van der Waals surface area contributed by atoms with E-state index < -0.39 is 0 Å². The van der Waals surface area contributed by atoms with Crippen LogP contribution in [0.25, 0.3) is 22.1 Å². The van der Waals surface area contributed by atoms with Crippen LogP contribution in [0, 0.1) is 13.8 Å². The predicted molar refractivity (Wildman–Crippen MR) is 106 cm³/mol. The number of halogens is 1. The van der Waals surface area contributed by atoms with E-state index >= 15 is 0 Å². The van der Waals surface area contributed by atoms with Gasteiger partial charge in [0.1, 0.15) is 5.75 Å². The first-order valence-corrected chi connectivity index (χ1v) is 9.36. The van der Waals surface area contributed by atoms with Crippen molar-refractivity contribution in [1.82, 2.24) is 9.38 Å². The lowest BCUT2D eigenvalue weighted by molar-refractivity contribution is 0.412. The topological polar surface area (TPSA) is 43.6 Å². The molecule has 0 saturated carbocycles. The summed E-state index contributed by atoms with van der Waals surface area (Å²) in [6.45, 7) is 4.11. The zero-order valence-corrected chi connectivity index (χ0v) is 16.4. The van der Waals surface area contributed by atoms with Gasteiger partial charge in [0, 0.05) is 0 Å². The van der Waals surface area contributed by atoms with Gasteiger partial charge in [0.25, 0.3) is 5.56 Å². The fraction of sp³-hybridized carbons (Fsp3) is 0.158. The van der Waals surface area contributed by atoms with Crippen LogP contribution in [0.2, 0.25) is 0 Å². The van der Waals surface area contributed by atoms with Crippen LogP contribution < -0.4 is 14.8 Å². The van der Waals surface area contributed by atoms with Crippen LogP contribution in [-0.2, 0) is 0 Å². The molecule has 4 nitrogen and oxygen atoms in total. The molecule has 0 N–H and O–H groups in total. The Morgan fingerprint density at radius 1 is 1.20 bits per heavy atom. The number of rotatable bonds is 2. The molecule has 0 radical (unpaired) electrons. The minimum Gasteiger partial charge on any atom is -0.496 e. The van der Waals surface area contributed by atoms with Crippen molar-refractivity contribution < 1.29 is 4.74 Å². The molecule has 0 aliphatic heterocycles. The number of aryl methyl sites for hydroxylation is 2. The Kier molecular flexibility index (Phi) is 3.89. The normalized spacial score (nSPS) is 12.4. The molecule has 0 aliphatic rings. The highest BCUT2D eigenvalue weighted by molar-refractivity contribution is 9.10. The van der Waals surface area contributed by atoms with Gasteiger partial charge in [0.05, 0.1) is 27.1 Å². The van der Waals surface area contributed by atoms with Crippen LogP contribution >= 0.6 is 27.3 Å². The number of thiazole rings is 1. The quantitative estimate of drug-likeness (QED) is 0.500. The van der Waals surface area contributed by atoms with E-state index in [0.717, 1.165) is 37.3 Å². The lowest BCUT2D eigenvalue weighted by atomic mass is 10.1. The first-order chi connectivity index (χ1) is 12.0. The average molecular weight is 415 g/mol. The Morgan fingerprint density at radius 2 is 1.96 bits per heavy atom. The van der Waals surface area contributed by atoms with E-state index in [0.29, 0.717) is 4.53 Å². The molecule has 6 heteroatoms. The van der Waals surface area contributed by atoms with Crippen LogP contribution in [0.5, 0.6) is 5.75 Å². The number of fused-ring (bicyclic) bond motifs is 3. The summed E-state index contributed by atoms with van der Waals surface area (Å²) in [6.07, 6.45) is 1.89. The standard InChI is InChI=1S/C19H15BrN2O2S/c1-10-6-14-15(7-11(10)2)22-18(23)17(25-19(22)21-14)9-12-4-5-16(24-3)13(20)8-12/h4-9H,1-3H3. The number of ether oxygens (including phenoxy) is 1. The second-order valence-corrected chi connectivity index (χ2v) is 7.83. The van der Waals surface area contributed by atoms with Crippen molar-refractivity contribution in [3.63, 3.8) is 0 Å². The van der Waals surface area contributed by atoms with Crippen molar-refractivity contribution >= 4 is 49.3 Å².